The van der Waals surface area contributed by atoms with Crippen LogP contribution < -0.4 is 0 Å². The van der Waals surface area contributed by atoms with E-state index in [1.807, 2.05) is 18.7 Å². The van der Waals surface area contributed by atoms with Crippen LogP contribution in [0, 0.1) is 18.8 Å². The summed E-state index contributed by atoms with van der Waals surface area (Å²) in [6, 6.07) is 0. The average Bonchev–Trinajstić information content (AvgIpc) is 2.79. The summed E-state index contributed by atoms with van der Waals surface area (Å²) in [6.45, 7) is 1.95. The highest BCUT2D eigenvalue weighted by Gasteiger charge is 2.34. The van der Waals surface area contributed by atoms with E-state index < -0.39 is 9.84 Å². The Labute approximate surface area is 127 Å². The summed E-state index contributed by atoms with van der Waals surface area (Å²) in [7, 11) is -0.944. The van der Waals surface area contributed by atoms with E-state index in [1.54, 1.807) is 0 Å². The van der Waals surface area contributed by atoms with Gasteiger partial charge < -0.3 is 0 Å². The van der Waals surface area contributed by atoms with E-state index in [2.05, 4.69) is 21.0 Å². The van der Waals surface area contributed by atoms with Gasteiger partial charge in [-0.3, -0.25) is 4.68 Å². The largest absolute Gasteiger partial charge is 0.271 e. The molecule has 108 valence electrons. The maximum atomic E-state index is 11.6. The molecule has 0 aromatic carbocycles. The fraction of sp³-hybridized carbons (Fsp3) is 0.750. The standard InChI is InChI=1S/C12H18BrClN2O2S/c1-8-12(13)11(16(2)15-8)5-10(6-14)9-3-4-19(17,18)7-9/h9-10H,3-7H2,1-2H3. The summed E-state index contributed by atoms with van der Waals surface area (Å²) in [4.78, 5) is 0. The highest BCUT2D eigenvalue weighted by Crippen LogP contribution is 2.31. The van der Waals surface area contributed by atoms with Crippen molar-refractivity contribution in [3.63, 3.8) is 0 Å². The van der Waals surface area contributed by atoms with Crippen molar-refractivity contribution in [2.24, 2.45) is 18.9 Å². The van der Waals surface area contributed by atoms with E-state index >= 15 is 0 Å². The topological polar surface area (TPSA) is 52.0 Å². The second-order valence-corrected chi connectivity index (χ2v) is 8.58. The summed E-state index contributed by atoms with van der Waals surface area (Å²) in [5, 5.41) is 4.36. The monoisotopic (exact) mass is 368 g/mol. The molecule has 2 heterocycles. The molecule has 1 saturated heterocycles. The average molecular weight is 370 g/mol. The van der Waals surface area contributed by atoms with E-state index in [-0.39, 0.29) is 17.6 Å². The summed E-state index contributed by atoms with van der Waals surface area (Å²) >= 11 is 9.61. The molecule has 1 aliphatic rings. The van der Waals surface area contributed by atoms with Crippen molar-refractivity contribution in [1.82, 2.24) is 9.78 Å². The van der Waals surface area contributed by atoms with Gasteiger partial charge in [-0.25, -0.2) is 8.42 Å². The Morgan fingerprint density at radius 1 is 1.58 bits per heavy atom. The quantitative estimate of drug-likeness (QED) is 0.765. The minimum absolute atomic E-state index is 0.171. The van der Waals surface area contributed by atoms with Crippen molar-refractivity contribution in [3.05, 3.63) is 15.9 Å². The molecule has 1 aliphatic heterocycles. The number of rotatable bonds is 4. The van der Waals surface area contributed by atoms with Crippen LogP contribution in [-0.4, -0.2) is 35.6 Å². The van der Waals surface area contributed by atoms with Crippen molar-refractivity contribution in [3.8, 4) is 0 Å². The number of alkyl halides is 1. The molecule has 2 atom stereocenters. The lowest BCUT2D eigenvalue weighted by Crippen LogP contribution is -2.21. The zero-order valence-electron chi connectivity index (χ0n) is 11.1. The molecule has 0 saturated carbocycles. The number of aromatic nitrogens is 2. The zero-order valence-corrected chi connectivity index (χ0v) is 14.2. The second kappa shape index (κ2) is 5.74. The fourth-order valence-corrected chi connectivity index (χ4v) is 5.47. The fourth-order valence-electron chi connectivity index (χ4n) is 2.69. The van der Waals surface area contributed by atoms with Crippen LogP contribution in [0.3, 0.4) is 0 Å². The minimum Gasteiger partial charge on any atom is -0.271 e. The Bertz CT molecular complexity index is 571. The summed E-state index contributed by atoms with van der Waals surface area (Å²) in [5.74, 6) is 1.42. The molecule has 2 rings (SSSR count). The first-order valence-electron chi connectivity index (χ1n) is 6.28. The second-order valence-electron chi connectivity index (χ2n) is 5.25. The molecule has 1 aromatic heterocycles. The van der Waals surface area contributed by atoms with Crippen LogP contribution >= 0.6 is 27.5 Å². The van der Waals surface area contributed by atoms with Gasteiger partial charge in [0.15, 0.2) is 9.84 Å². The number of aryl methyl sites for hydroxylation is 2. The third-order valence-corrected chi connectivity index (χ3v) is 7.07. The van der Waals surface area contributed by atoms with Gasteiger partial charge in [-0.2, -0.15) is 5.10 Å². The Balaban J connectivity index is 2.16. The Morgan fingerprint density at radius 2 is 2.26 bits per heavy atom. The first kappa shape index (κ1) is 15.3. The molecular formula is C12H18BrClN2O2S. The molecule has 19 heavy (non-hydrogen) atoms. The van der Waals surface area contributed by atoms with Gasteiger partial charge in [-0.15, -0.1) is 11.6 Å². The Morgan fingerprint density at radius 3 is 2.68 bits per heavy atom. The van der Waals surface area contributed by atoms with Gasteiger partial charge >= 0.3 is 0 Å². The van der Waals surface area contributed by atoms with Gasteiger partial charge in [0.25, 0.3) is 0 Å². The van der Waals surface area contributed by atoms with E-state index in [4.69, 9.17) is 11.6 Å². The van der Waals surface area contributed by atoms with E-state index in [0.29, 0.717) is 11.6 Å². The van der Waals surface area contributed by atoms with Crippen LogP contribution in [0.1, 0.15) is 17.8 Å². The normalized spacial score (nSPS) is 23.7. The van der Waals surface area contributed by atoms with Crippen molar-refractivity contribution in [2.75, 3.05) is 17.4 Å². The SMILES string of the molecule is Cc1nn(C)c(CC(CCl)C2CCS(=O)(=O)C2)c1Br. The lowest BCUT2D eigenvalue weighted by molar-refractivity contribution is 0.389. The minimum atomic E-state index is -2.85. The molecule has 0 bridgehead atoms. The predicted octanol–water partition coefficient (Wildman–Crippen LogP) is 2.32. The molecule has 0 aliphatic carbocycles. The van der Waals surface area contributed by atoms with E-state index in [9.17, 15) is 8.42 Å². The van der Waals surface area contributed by atoms with Crippen LogP contribution in [-0.2, 0) is 23.3 Å². The number of nitrogens with zero attached hydrogens (tertiary/aromatic N) is 2. The van der Waals surface area contributed by atoms with Crippen molar-refractivity contribution >= 4 is 37.4 Å². The number of sulfone groups is 1. The van der Waals surface area contributed by atoms with Gasteiger partial charge in [0.05, 0.1) is 27.4 Å². The molecular weight excluding hydrogens is 352 g/mol. The van der Waals surface area contributed by atoms with E-state index in [1.165, 1.54) is 0 Å². The van der Waals surface area contributed by atoms with Crippen LogP contribution in [0.4, 0.5) is 0 Å². The van der Waals surface area contributed by atoms with Gasteiger partial charge in [-0.1, -0.05) is 0 Å². The van der Waals surface area contributed by atoms with Crippen LogP contribution in [0.5, 0.6) is 0 Å². The highest BCUT2D eigenvalue weighted by molar-refractivity contribution is 9.10. The Kier molecular flexibility index (Phi) is 4.63. The lowest BCUT2D eigenvalue weighted by atomic mass is 9.89. The van der Waals surface area contributed by atoms with Crippen LogP contribution in [0.15, 0.2) is 4.47 Å². The molecule has 1 aromatic rings. The molecule has 1 fully saturated rings. The molecule has 0 spiro atoms. The van der Waals surface area contributed by atoms with Gasteiger partial charge in [-0.05, 0) is 47.5 Å². The summed E-state index contributed by atoms with van der Waals surface area (Å²) in [6.07, 6.45) is 1.50. The van der Waals surface area contributed by atoms with Crippen LogP contribution in [0.25, 0.3) is 0 Å². The number of hydrogen-bond acceptors (Lipinski definition) is 3. The van der Waals surface area contributed by atoms with E-state index in [0.717, 1.165) is 28.7 Å². The Hall–Kier alpha value is -0.0700. The predicted molar refractivity (Wildman–Crippen MR) is 80.3 cm³/mol. The molecule has 0 amide bonds. The van der Waals surface area contributed by atoms with Crippen LogP contribution in [0.2, 0.25) is 0 Å². The number of hydrogen-bond donors (Lipinski definition) is 0. The maximum absolute atomic E-state index is 11.6. The molecule has 4 nitrogen and oxygen atoms in total. The van der Waals surface area contributed by atoms with Gasteiger partial charge in [0, 0.05) is 12.9 Å². The molecule has 7 heteroatoms. The van der Waals surface area contributed by atoms with Gasteiger partial charge in [0.2, 0.25) is 0 Å². The first-order valence-corrected chi connectivity index (χ1v) is 9.43. The zero-order chi connectivity index (χ0) is 14.2. The molecule has 0 N–H and O–H groups in total. The smallest absolute Gasteiger partial charge is 0.150 e. The highest BCUT2D eigenvalue weighted by atomic mass is 79.9. The maximum Gasteiger partial charge on any atom is 0.150 e. The third kappa shape index (κ3) is 3.34. The van der Waals surface area contributed by atoms with Crippen molar-refractivity contribution in [1.29, 1.82) is 0 Å². The lowest BCUT2D eigenvalue weighted by Gasteiger charge is -2.20. The van der Waals surface area contributed by atoms with Gasteiger partial charge in [0.1, 0.15) is 0 Å². The van der Waals surface area contributed by atoms with Crippen molar-refractivity contribution in [2.45, 2.75) is 19.8 Å². The molecule has 0 radical (unpaired) electrons. The van der Waals surface area contributed by atoms with Crippen molar-refractivity contribution < 1.29 is 8.42 Å². The third-order valence-electron chi connectivity index (χ3n) is 3.85. The molecule has 2 unspecified atom stereocenters. The summed E-state index contributed by atoms with van der Waals surface area (Å²) in [5.41, 5.74) is 2.04. The number of halogens is 2. The first-order chi connectivity index (χ1) is 8.84. The summed E-state index contributed by atoms with van der Waals surface area (Å²) < 4.78 is 26.0.